The van der Waals surface area contributed by atoms with E-state index in [-0.39, 0.29) is 0 Å². The van der Waals surface area contributed by atoms with Gasteiger partial charge in [0.2, 0.25) is 0 Å². The van der Waals surface area contributed by atoms with Crippen molar-refractivity contribution in [1.82, 2.24) is 9.80 Å². The Morgan fingerprint density at radius 2 is 1.72 bits per heavy atom. The molecular weight excluding hydrogens is 222 g/mol. The molecule has 1 saturated heterocycles. The van der Waals surface area contributed by atoms with Crippen molar-refractivity contribution < 1.29 is 0 Å². The van der Waals surface area contributed by atoms with E-state index < -0.39 is 0 Å². The van der Waals surface area contributed by atoms with Crippen LogP contribution in [0.1, 0.15) is 24.4 Å². The maximum Gasteiger partial charge on any atom is 0.0371 e. The monoisotopic (exact) mass is 247 g/mol. The van der Waals surface area contributed by atoms with Crippen molar-refractivity contribution in [3.63, 3.8) is 0 Å². The highest BCUT2D eigenvalue weighted by atomic mass is 15.1. The maximum absolute atomic E-state index is 5.78. The summed E-state index contributed by atoms with van der Waals surface area (Å²) in [6.07, 6.45) is 2.56. The van der Waals surface area contributed by atoms with Crippen molar-refractivity contribution in [3.05, 3.63) is 29.8 Å². The van der Waals surface area contributed by atoms with Crippen LogP contribution in [0.3, 0.4) is 0 Å². The summed E-state index contributed by atoms with van der Waals surface area (Å²) in [6.45, 7) is 2.42. The number of likely N-dealkylation sites (tertiary alicyclic amines) is 1. The molecule has 0 amide bonds. The number of nitrogens with zero attached hydrogens (tertiary/aromatic N) is 2. The van der Waals surface area contributed by atoms with Crippen LogP contribution in [-0.2, 0) is 0 Å². The zero-order valence-corrected chi connectivity index (χ0v) is 11.8. The Morgan fingerprint density at radius 1 is 1.17 bits per heavy atom. The quantitative estimate of drug-likeness (QED) is 0.831. The van der Waals surface area contributed by atoms with Gasteiger partial charge in [-0.05, 0) is 70.7 Å². The van der Waals surface area contributed by atoms with Crippen LogP contribution in [0.2, 0.25) is 0 Å². The van der Waals surface area contributed by atoms with Crippen LogP contribution in [0.15, 0.2) is 24.3 Å². The van der Waals surface area contributed by atoms with Crippen LogP contribution in [0, 0.1) is 5.92 Å². The van der Waals surface area contributed by atoms with Gasteiger partial charge in [0.05, 0.1) is 0 Å². The van der Waals surface area contributed by atoms with Gasteiger partial charge in [0.25, 0.3) is 0 Å². The van der Waals surface area contributed by atoms with Gasteiger partial charge >= 0.3 is 0 Å². The van der Waals surface area contributed by atoms with E-state index in [0.717, 1.165) is 11.6 Å². The second-order valence-corrected chi connectivity index (χ2v) is 5.72. The summed E-state index contributed by atoms with van der Waals surface area (Å²) in [5, 5.41) is 0. The number of benzene rings is 1. The van der Waals surface area contributed by atoms with Gasteiger partial charge in [-0.2, -0.15) is 0 Å². The van der Waals surface area contributed by atoms with E-state index in [9.17, 15) is 0 Å². The van der Waals surface area contributed by atoms with Gasteiger partial charge in [0.15, 0.2) is 0 Å². The van der Waals surface area contributed by atoms with Crippen molar-refractivity contribution in [3.8, 4) is 0 Å². The average molecular weight is 247 g/mol. The lowest BCUT2D eigenvalue weighted by Crippen LogP contribution is -2.37. The summed E-state index contributed by atoms with van der Waals surface area (Å²) in [6, 6.07) is 8.90. The number of nitrogens with two attached hydrogens (primary N) is 1. The van der Waals surface area contributed by atoms with Crippen LogP contribution in [0.25, 0.3) is 0 Å². The normalized spacial score (nSPS) is 20.2. The molecule has 0 aromatic heterocycles. The molecule has 0 saturated carbocycles. The van der Waals surface area contributed by atoms with E-state index in [0.29, 0.717) is 6.04 Å². The summed E-state index contributed by atoms with van der Waals surface area (Å²) in [7, 11) is 6.57. The second-order valence-electron chi connectivity index (χ2n) is 5.72. The largest absolute Gasteiger partial charge is 0.399 e. The summed E-state index contributed by atoms with van der Waals surface area (Å²) in [5.74, 6) is 0.750. The lowest BCUT2D eigenvalue weighted by atomic mass is 9.85. The highest BCUT2D eigenvalue weighted by molar-refractivity contribution is 5.40. The molecule has 3 heteroatoms. The molecule has 1 aliphatic heterocycles. The molecule has 1 aromatic rings. The first kappa shape index (κ1) is 13.4. The van der Waals surface area contributed by atoms with Crippen LogP contribution in [-0.4, -0.2) is 44.0 Å². The van der Waals surface area contributed by atoms with Crippen LogP contribution in [0.4, 0.5) is 5.69 Å². The molecule has 1 aromatic carbocycles. The number of anilines is 1. The van der Waals surface area contributed by atoms with Gasteiger partial charge < -0.3 is 15.5 Å². The summed E-state index contributed by atoms with van der Waals surface area (Å²) >= 11 is 0. The highest BCUT2D eigenvalue weighted by Gasteiger charge is 2.27. The SMILES string of the molecule is CN1CCC(C(c2ccc(N)cc2)N(C)C)CC1. The first-order chi connectivity index (χ1) is 8.58. The molecule has 100 valence electrons. The summed E-state index contributed by atoms with van der Waals surface area (Å²) < 4.78 is 0. The number of hydrogen-bond acceptors (Lipinski definition) is 3. The molecule has 2 N–H and O–H groups in total. The van der Waals surface area contributed by atoms with Crippen molar-refractivity contribution in [2.24, 2.45) is 5.92 Å². The van der Waals surface area contributed by atoms with Crippen molar-refractivity contribution in [2.45, 2.75) is 18.9 Å². The zero-order chi connectivity index (χ0) is 13.1. The number of nitrogen functional groups attached to an aromatic ring is 1. The smallest absolute Gasteiger partial charge is 0.0371 e. The molecule has 1 fully saturated rings. The predicted octanol–water partition coefficient (Wildman–Crippen LogP) is 2.21. The molecule has 0 bridgehead atoms. The van der Waals surface area contributed by atoms with E-state index in [2.05, 4.69) is 43.1 Å². The second kappa shape index (κ2) is 5.72. The minimum atomic E-state index is 0.513. The summed E-state index contributed by atoms with van der Waals surface area (Å²) in [5.41, 5.74) is 8.02. The Kier molecular flexibility index (Phi) is 4.25. The van der Waals surface area contributed by atoms with Gasteiger partial charge in [-0.3, -0.25) is 0 Å². The number of hydrogen-bond donors (Lipinski definition) is 1. The number of piperidine rings is 1. The zero-order valence-electron chi connectivity index (χ0n) is 11.8. The fourth-order valence-electron chi connectivity index (χ4n) is 3.03. The van der Waals surface area contributed by atoms with Gasteiger partial charge in [0, 0.05) is 11.7 Å². The lowest BCUT2D eigenvalue weighted by Gasteiger charge is -2.38. The van der Waals surface area contributed by atoms with E-state index in [1.165, 1.54) is 31.5 Å². The molecule has 1 atom stereocenters. The van der Waals surface area contributed by atoms with Gasteiger partial charge in [0.1, 0.15) is 0 Å². The Hall–Kier alpha value is -1.06. The predicted molar refractivity (Wildman–Crippen MR) is 77.5 cm³/mol. The Morgan fingerprint density at radius 3 is 2.22 bits per heavy atom. The molecule has 0 radical (unpaired) electrons. The van der Waals surface area contributed by atoms with Crippen LogP contribution in [0.5, 0.6) is 0 Å². The number of rotatable bonds is 3. The topological polar surface area (TPSA) is 32.5 Å². The molecule has 1 heterocycles. The standard InChI is InChI=1S/C15H25N3/c1-17(2)15(12-4-6-14(16)7-5-12)13-8-10-18(3)11-9-13/h4-7,13,15H,8-11,16H2,1-3H3. The van der Waals surface area contributed by atoms with E-state index in [1.54, 1.807) is 0 Å². The third-order valence-corrected chi connectivity index (χ3v) is 4.04. The Bertz CT molecular complexity index is 364. The third-order valence-electron chi connectivity index (χ3n) is 4.04. The van der Waals surface area contributed by atoms with E-state index in [4.69, 9.17) is 5.73 Å². The van der Waals surface area contributed by atoms with Crippen molar-refractivity contribution in [2.75, 3.05) is 40.0 Å². The third kappa shape index (κ3) is 3.03. The maximum atomic E-state index is 5.78. The van der Waals surface area contributed by atoms with Gasteiger partial charge in [-0.25, -0.2) is 0 Å². The van der Waals surface area contributed by atoms with E-state index in [1.807, 2.05) is 12.1 Å². The molecule has 0 aliphatic carbocycles. The molecule has 1 aliphatic rings. The van der Waals surface area contributed by atoms with E-state index >= 15 is 0 Å². The first-order valence-corrected chi connectivity index (χ1v) is 6.78. The van der Waals surface area contributed by atoms with Crippen molar-refractivity contribution >= 4 is 5.69 Å². The first-order valence-electron chi connectivity index (χ1n) is 6.78. The Labute approximate surface area is 111 Å². The molecule has 1 unspecified atom stereocenters. The highest BCUT2D eigenvalue weighted by Crippen LogP contribution is 2.34. The Balaban J connectivity index is 2.15. The summed E-state index contributed by atoms with van der Waals surface area (Å²) in [4.78, 5) is 4.77. The van der Waals surface area contributed by atoms with Gasteiger partial charge in [-0.1, -0.05) is 12.1 Å². The fourth-order valence-corrected chi connectivity index (χ4v) is 3.03. The lowest BCUT2D eigenvalue weighted by molar-refractivity contribution is 0.131. The molecule has 0 spiro atoms. The minimum Gasteiger partial charge on any atom is -0.399 e. The van der Waals surface area contributed by atoms with Crippen molar-refractivity contribution in [1.29, 1.82) is 0 Å². The molecule has 3 nitrogen and oxygen atoms in total. The van der Waals surface area contributed by atoms with Crippen LogP contribution >= 0.6 is 0 Å². The minimum absolute atomic E-state index is 0.513. The molecule has 2 rings (SSSR count). The van der Waals surface area contributed by atoms with Gasteiger partial charge in [-0.15, -0.1) is 0 Å². The molecular formula is C15H25N3. The average Bonchev–Trinajstić information content (AvgIpc) is 2.34. The molecule has 18 heavy (non-hydrogen) atoms. The van der Waals surface area contributed by atoms with Crippen LogP contribution < -0.4 is 5.73 Å². The fraction of sp³-hybridized carbons (Fsp3) is 0.600.